The Balaban J connectivity index is 2.48. The van der Waals surface area contributed by atoms with Crippen LogP contribution in [0, 0.1) is 0 Å². The molecule has 0 aromatic carbocycles. The Morgan fingerprint density at radius 2 is 2.15 bits per heavy atom. The first-order chi connectivity index (χ1) is 6.36. The molecule has 0 radical (unpaired) electrons. The molecule has 0 aliphatic carbocycles. The van der Waals surface area contributed by atoms with E-state index >= 15 is 0 Å². The van der Waals surface area contributed by atoms with Crippen LogP contribution in [0.25, 0.3) is 0 Å². The van der Waals surface area contributed by atoms with E-state index in [1.54, 1.807) is 12.4 Å². The Kier molecular flexibility index (Phi) is 4.18. The van der Waals surface area contributed by atoms with E-state index in [-0.39, 0.29) is 0 Å². The molecule has 0 amide bonds. The molecule has 13 heavy (non-hydrogen) atoms. The molecule has 0 aliphatic heterocycles. The van der Waals surface area contributed by atoms with Gasteiger partial charge in [-0.2, -0.15) is 0 Å². The number of nitrogens with zero attached hydrogens (tertiary/aromatic N) is 2. The standard InChI is InChI=1S/C9H15N3O/c1-3-10-5-8-6-12-9(7-11-8)13-4-2/h6-7,10H,3-5H2,1-2H3. The van der Waals surface area contributed by atoms with Crippen LogP contribution < -0.4 is 10.1 Å². The number of ether oxygens (including phenoxy) is 1. The highest BCUT2D eigenvalue weighted by Crippen LogP contribution is 2.03. The van der Waals surface area contributed by atoms with Crippen LogP contribution in [0.4, 0.5) is 0 Å². The zero-order valence-electron chi connectivity index (χ0n) is 8.08. The summed E-state index contributed by atoms with van der Waals surface area (Å²) in [7, 11) is 0. The maximum atomic E-state index is 5.17. The first-order valence-corrected chi connectivity index (χ1v) is 4.51. The van der Waals surface area contributed by atoms with Gasteiger partial charge in [0.1, 0.15) is 0 Å². The van der Waals surface area contributed by atoms with E-state index in [2.05, 4.69) is 22.2 Å². The average molecular weight is 181 g/mol. The summed E-state index contributed by atoms with van der Waals surface area (Å²) < 4.78 is 5.17. The van der Waals surface area contributed by atoms with E-state index < -0.39 is 0 Å². The molecule has 4 heteroatoms. The average Bonchev–Trinajstić information content (AvgIpc) is 2.17. The van der Waals surface area contributed by atoms with Crippen molar-refractivity contribution in [2.24, 2.45) is 0 Å². The first kappa shape index (κ1) is 9.92. The summed E-state index contributed by atoms with van der Waals surface area (Å²) in [4.78, 5) is 8.28. The van der Waals surface area contributed by atoms with Crippen molar-refractivity contribution in [3.05, 3.63) is 18.1 Å². The quantitative estimate of drug-likeness (QED) is 0.735. The number of nitrogens with one attached hydrogen (secondary N) is 1. The van der Waals surface area contributed by atoms with Gasteiger partial charge in [-0.3, -0.25) is 4.98 Å². The summed E-state index contributed by atoms with van der Waals surface area (Å²) in [5, 5.41) is 3.17. The molecule has 0 atom stereocenters. The third-order valence-corrected chi connectivity index (χ3v) is 1.53. The van der Waals surface area contributed by atoms with Gasteiger partial charge in [-0.15, -0.1) is 0 Å². The fourth-order valence-corrected chi connectivity index (χ4v) is 0.910. The van der Waals surface area contributed by atoms with Crippen molar-refractivity contribution < 1.29 is 4.74 Å². The predicted molar refractivity (Wildman–Crippen MR) is 50.6 cm³/mol. The number of hydrogen-bond donors (Lipinski definition) is 1. The second-order valence-corrected chi connectivity index (χ2v) is 2.56. The van der Waals surface area contributed by atoms with Crippen LogP contribution >= 0.6 is 0 Å². The van der Waals surface area contributed by atoms with Crippen LogP contribution in [0.5, 0.6) is 5.88 Å². The fourth-order valence-electron chi connectivity index (χ4n) is 0.910. The maximum absolute atomic E-state index is 5.17. The summed E-state index contributed by atoms with van der Waals surface area (Å²) in [6, 6.07) is 0. The number of aromatic nitrogens is 2. The highest BCUT2D eigenvalue weighted by molar-refractivity contribution is 5.06. The van der Waals surface area contributed by atoms with Gasteiger partial charge in [-0.1, -0.05) is 6.92 Å². The van der Waals surface area contributed by atoms with Crippen molar-refractivity contribution in [3.63, 3.8) is 0 Å². The third kappa shape index (κ3) is 3.38. The molecule has 0 saturated carbocycles. The van der Waals surface area contributed by atoms with Crippen LogP contribution in [-0.2, 0) is 6.54 Å². The van der Waals surface area contributed by atoms with Crippen LogP contribution in [0.2, 0.25) is 0 Å². The minimum atomic E-state index is 0.586. The zero-order valence-corrected chi connectivity index (χ0v) is 8.08. The Hall–Kier alpha value is -1.16. The van der Waals surface area contributed by atoms with Gasteiger partial charge in [-0.25, -0.2) is 4.98 Å². The molecular formula is C9H15N3O. The monoisotopic (exact) mass is 181 g/mol. The van der Waals surface area contributed by atoms with Crippen molar-refractivity contribution in [1.29, 1.82) is 0 Å². The largest absolute Gasteiger partial charge is 0.477 e. The minimum absolute atomic E-state index is 0.586. The lowest BCUT2D eigenvalue weighted by Gasteiger charge is -2.02. The molecule has 0 fully saturated rings. The smallest absolute Gasteiger partial charge is 0.232 e. The molecule has 0 bridgehead atoms. The van der Waals surface area contributed by atoms with Crippen molar-refractivity contribution in [2.75, 3.05) is 13.2 Å². The highest BCUT2D eigenvalue weighted by Gasteiger charge is 1.96. The Morgan fingerprint density at radius 3 is 2.69 bits per heavy atom. The van der Waals surface area contributed by atoms with E-state index in [1.165, 1.54) is 0 Å². The molecule has 1 heterocycles. The van der Waals surface area contributed by atoms with Gasteiger partial charge < -0.3 is 10.1 Å². The van der Waals surface area contributed by atoms with Gasteiger partial charge in [0.15, 0.2) is 0 Å². The van der Waals surface area contributed by atoms with E-state index in [4.69, 9.17) is 4.74 Å². The van der Waals surface area contributed by atoms with Crippen molar-refractivity contribution >= 4 is 0 Å². The zero-order chi connectivity index (χ0) is 9.52. The SMILES string of the molecule is CCNCc1cnc(OCC)cn1. The van der Waals surface area contributed by atoms with Gasteiger partial charge in [0.25, 0.3) is 0 Å². The van der Waals surface area contributed by atoms with Crippen LogP contribution in [0.15, 0.2) is 12.4 Å². The molecule has 1 aromatic rings. The van der Waals surface area contributed by atoms with Gasteiger partial charge >= 0.3 is 0 Å². The second-order valence-electron chi connectivity index (χ2n) is 2.56. The van der Waals surface area contributed by atoms with Crippen molar-refractivity contribution in [2.45, 2.75) is 20.4 Å². The molecule has 1 N–H and O–H groups in total. The molecule has 4 nitrogen and oxygen atoms in total. The molecule has 0 saturated heterocycles. The summed E-state index contributed by atoms with van der Waals surface area (Å²) in [5.41, 5.74) is 0.935. The highest BCUT2D eigenvalue weighted by atomic mass is 16.5. The van der Waals surface area contributed by atoms with Crippen LogP contribution in [0.1, 0.15) is 19.5 Å². The topological polar surface area (TPSA) is 47.0 Å². The Labute approximate surface area is 78.4 Å². The van der Waals surface area contributed by atoms with Crippen molar-refractivity contribution in [1.82, 2.24) is 15.3 Å². The molecular weight excluding hydrogens is 166 g/mol. The van der Waals surface area contributed by atoms with Gasteiger partial charge in [0, 0.05) is 6.54 Å². The fraction of sp³-hybridized carbons (Fsp3) is 0.556. The number of hydrogen-bond acceptors (Lipinski definition) is 4. The van der Waals surface area contributed by atoms with E-state index in [9.17, 15) is 0 Å². The summed E-state index contributed by atoms with van der Waals surface area (Å²) in [5.74, 6) is 0.586. The first-order valence-electron chi connectivity index (χ1n) is 4.51. The summed E-state index contributed by atoms with van der Waals surface area (Å²) >= 11 is 0. The minimum Gasteiger partial charge on any atom is -0.477 e. The van der Waals surface area contributed by atoms with Gasteiger partial charge in [0.2, 0.25) is 5.88 Å². The van der Waals surface area contributed by atoms with E-state index in [1.807, 2.05) is 6.92 Å². The van der Waals surface area contributed by atoms with E-state index in [0.29, 0.717) is 12.5 Å². The van der Waals surface area contributed by atoms with Gasteiger partial charge in [0.05, 0.1) is 24.7 Å². The lowest BCUT2D eigenvalue weighted by Crippen LogP contribution is -2.13. The molecule has 1 aromatic heterocycles. The molecule has 0 aliphatic rings. The summed E-state index contributed by atoms with van der Waals surface area (Å²) in [6.07, 6.45) is 3.38. The molecule has 1 rings (SSSR count). The third-order valence-electron chi connectivity index (χ3n) is 1.53. The molecule has 72 valence electrons. The van der Waals surface area contributed by atoms with Gasteiger partial charge in [-0.05, 0) is 13.5 Å². The predicted octanol–water partition coefficient (Wildman–Crippen LogP) is 0.985. The lowest BCUT2D eigenvalue weighted by atomic mass is 10.4. The second kappa shape index (κ2) is 5.48. The Bertz CT molecular complexity index is 235. The van der Waals surface area contributed by atoms with Crippen LogP contribution in [0.3, 0.4) is 0 Å². The van der Waals surface area contributed by atoms with Crippen molar-refractivity contribution in [3.8, 4) is 5.88 Å². The molecule has 0 unspecified atom stereocenters. The van der Waals surface area contributed by atoms with Crippen LogP contribution in [-0.4, -0.2) is 23.1 Å². The summed E-state index contributed by atoms with van der Waals surface area (Å²) in [6.45, 7) is 6.31. The lowest BCUT2D eigenvalue weighted by molar-refractivity contribution is 0.325. The normalized spacial score (nSPS) is 10.0. The molecule has 0 spiro atoms. The Morgan fingerprint density at radius 1 is 1.31 bits per heavy atom. The number of rotatable bonds is 5. The van der Waals surface area contributed by atoms with E-state index in [0.717, 1.165) is 18.8 Å². The maximum Gasteiger partial charge on any atom is 0.232 e.